The Morgan fingerprint density at radius 3 is 2.65 bits per heavy atom. The molecule has 2 rings (SSSR count). The monoisotopic (exact) mass is 342 g/mol. The normalized spacial score (nSPS) is 12.1. The molecule has 1 aromatic carbocycles. The number of amides is 1. The molecule has 0 aliphatic carbocycles. The fourth-order valence-electron chi connectivity index (χ4n) is 1.87. The minimum atomic E-state index is -1.66. The molecule has 9 heteroatoms. The van der Waals surface area contributed by atoms with E-state index in [0.29, 0.717) is 12.2 Å². The molecule has 0 unspecified atom stereocenters. The lowest BCUT2D eigenvalue weighted by Gasteiger charge is -2.06. The van der Waals surface area contributed by atoms with Crippen molar-refractivity contribution in [2.75, 3.05) is 12.3 Å². The average molecular weight is 342 g/mol. The van der Waals surface area contributed by atoms with Crippen LogP contribution in [0.1, 0.15) is 18.3 Å². The van der Waals surface area contributed by atoms with Crippen LogP contribution in [0.3, 0.4) is 0 Å². The highest BCUT2D eigenvalue weighted by molar-refractivity contribution is 7.85. The Hall–Kier alpha value is -2.16. The van der Waals surface area contributed by atoms with Gasteiger partial charge in [0.15, 0.2) is 0 Å². The molecular formula is C14H16F2N4O2S. The zero-order valence-corrected chi connectivity index (χ0v) is 13.3. The third-order valence-electron chi connectivity index (χ3n) is 3.07. The molecule has 0 bridgehead atoms. The third-order valence-corrected chi connectivity index (χ3v) is 4.18. The van der Waals surface area contributed by atoms with Crippen molar-refractivity contribution in [1.29, 1.82) is 0 Å². The molecule has 124 valence electrons. The SMILES string of the molecule is CCc1nc([S@@](=O)CC(=O)NCCc2c(F)cccc2F)n[nH]1. The van der Waals surface area contributed by atoms with Gasteiger partial charge in [0.25, 0.3) is 0 Å². The maximum absolute atomic E-state index is 13.4. The van der Waals surface area contributed by atoms with E-state index in [2.05, 4.69) is 20.5 Å². The van der Waals surface area contributed by atoms with Gasteiger partial charge in [-0.2, -0.15) is 0 Å². The highest BCUT2D eigenvalue weighted by Crippen LogP contribution is 2.12. The topological polar surface area (TPSA) is 87.7 Å². The second-order valence-corrected chi connectivity index (χ2v) is 6.05. The summed E-state index contributed by atoms with van der Waals surface area (Å²) in [5.74, 6) is -1.53. The number of nitrogens with zero attached hydrogens (tertiary/aromatic N) is 2. The van der Waals surface area contributed by atoms with Gasteiger partial charge in [0.1, 0.15) is 34.0 Å². The van der Waals surface area contributed by atoms with Gasteiger partial charge in [-0.25, -0.2) is 13.8 Å². The molecule has 0 radical (unpaired) electrons. The molecule has 1 amide bonds. The van der Waals surface area contributed by atoms with Crippen LogP contribution in [0.25, 0.3) is 0 Å². The zero-order chi connectivity index (χ0) is 16.8. The first-order valence-electron chi connectivity index (χ1n) is 7.00. The zero-order valence-electron chi connectivity index (χ0n) is 12.4. The highest BCUT2D eigenvalue weighted by Gasteiger charge is 2.15. The summed E-state index contributed by atoms with van der Waals surface area (Å²) in [6.45, 7) is 1.91. The number of aromatic amines is 1. The minimum Gasteiger partial charge on any atom is -0.355 e. The quantitative estimate of drug-likeness (QED) is 0.789. The van der Waals surface area contributed by atoms with Gasteiger partial charge in [0.2, 0.25) is 11.1 Å². The number of carbonyl (C=O) groups excluding carboxylic acids is 1. The molecule has 0 saturated carbocycles. The standard InChI is InChI=1S/C14H16F2N4O2S/c1-2-12-18-14(20-19-12)23(22)8-13(21)17-7-6-9-10(15)4-3-5-11(9)16/h3-5H,2,6-8H2,1H3,(H,17,21)(H,18,19,20)/t23-/m0/s1. The van der Waals surface area contributed by atoms with Gasteiger partial charge in [0, 0.05) is 18.5 Å². The largest absolute Gasteiger partial charge is 0.355 e. The molecular weight excluding hydrogens is 326 g/mol. The van der Waals surface area contributed by atoms with E-state index in [0.717, 1.165) is 12.1 Å². The van der Waals surface area contributed by atoms with Crippen molar-refractivity contribution >= 4 is 16.7 Å². The van der Waals surface area contributed by atoms with Crippen molar-refractivity contribution in [3.05, 3.63) is 41.2 Å². The minimum absolute atomic E-state index is 0.0114. The Morgan fingerprint density at radius 2 is 2.04 bits per heavy atom. The van der Waals surface area contributed by atoms with Gasteiger partial charge in [0.05, 0.1) is 0 Å². The van der Waals surface area contributed by atoms with E-state index in [4.69, 9.17) is 0 Å². The molecule has 1 aromatic heterocycles. The average Bonchev–Trinajstić information content (AvgIpc) is 2.99. The van der Waals surface area contributed by atoms with Gasteiger partial charge in [-0.15, -0.1) is 5.10 Å². The summed E-state index contributed by atoms with van der Waals surface area (Å²) in [6.07, 6.45) is 0.627. The Labute approximate surface area is 134 Å². The van der Waals surface area contributed by atoms with Crippen LogP contribution in [0.4, 0.5) is 8.78 Å². The predicted octanol–water partition coefficient (Wildman–Crippen LogP) is 1.11. The molecule has 0 spiro atoms. The van der Waals surface area contributed by atoms with Crippen molar-refractivity contribution in [2.45, 2.75) is 24.9 Å². The van der Waals surface area contributed by atoms with Crippen LogP contribution in [0.2, 0.25) is 0 Å². The van der Waals surface area contributed by atoms with E-state index >= 15 is 0 Å². The van der Waals surface area contributed by atoms with Gasteiger partial charge in [-0.05, 0) is 18.6 Å². The summed E-state index contributed by atoms with van der Waals surface area (Å²) in [7, 11) is -1.66. The second kappa shape index (κ2) is 7.91. The number of rotatable bonds is 7. The van der Waals surface area contributed by atoms with E-state index in [9.17, 15) is 17.8 Å². The summed E-state index contributed by atoms with van der Waals surface area (Å²) >= 11 is 0. The molecule has 23 heavy (non-hydrogen) atoms. The van der Waals surface area contributed by atoms with Crippen LogP contribution < -0.4 is 5.32 Å². The second-order valence-electron chi connectivity index (χ2n) is 4.71. The predicted molar refractivity (Wildman–Crippen MR) is 80.1 cm³/mol. The van der Waals surface area contributed by atoms with Crippen molar-refractivity contribution in [3.8, 4) is 0 Å². The fraction of sp³-hybridized carbons (Fsp3) is 0.357. The van der Waals surface area contributed by atoms with Crippen LogP contribution >= 0.6 is 0 Å². The molecule has 2 aromatic rings. The van der Waals surface area contributed by atoms with Gasteiger partial charge in [-0.3, -0.25) is 14.1 Å². The number of carbonyl (C=O) groups is 1. The fourth-order valence-corrected chi connectivity index (χ4v) is 2.70. The molecule has 6 nitrogen and oxygen atoms in total. The van der Waals surface area contributed by atoms with E-state index in [1.807, 2.05) is 6.92 Å². The number of aryl methyl sites for hydroxylation is 1. The van der Waals surface area contributed by atoms with Crippen LogP contribution in [-0.4, -0.2) is 37.6 Å². The lowest BCUT2D eigenvalue weighted by molar-refractivity contribution is -0.118. The maximum Gasteiger partial charge on any atom is 0.239 e. The Morgan fingerprint density at radius 1 is 1.35 bits per heavy atom. The van der Waals surface area contributed by atoms with Gasteiger partial charge in [-0.1, -0.05) is 13.0 Å². The van der Waals surface area contributed by atoms with Gasteiger partial charge >= 0.3 is 0 Å². The summed E-state index contributed by atoms with van der Waals surface area (Å²) in [5.41, 5.74) is -0.0875. The van der Waals surface area contributed by atoms with Crippen molar-refractivity contribution < 1.29 is 17.8 Å². The number of benzene rings is 1. The molecule has 0 fully saturated rings. The van der Waals surface area contributed by atoms with Crippen LogP contribution in [0, 0.1) is 11.6 Å². The number of aromatic nitrogens is 3. The van der Waals surface area contributed by atoms with E-state index < -0.39 is 28.3 Å². The van der Waals surface area contributed by atoms with Crippen LogP contribution in [-0.2, 0) is 28.4 Å². The first kappa shape index (κ1) is 17.2. The lowest BCUT2D eigenvalue weighted by atomic mass is 10.1. The number of halogens is 2. The van der Waals surface area contributed by atoms with Crippen molar-refractivity contribution in [2.24, 2.45) is 0 Å². The molecule has 2 N–H and O–H groups in total. The van der Waals surface area contributed by atoms with Crippen LogP contribution in [0.5, 0.6) is 0 Å². The molecule has 1 heterocycles. The summed E-state index contributed by atoms with van der Waals surface area (Å²) in [5, 5.41) is 8.94. The molecule has 0 aliphatic heterocycles. The van der Waals surface area contributed by atoms with Crippen molar-refractivity contribution in [1.82, 2.24) is 20.5 Å². The number of hydrogen-bond acceptors (Lipinski definition) is 4. The van der Waals surface area contributed by atoms with Crippen LogP contribution in [0.15, 0.2) is 23.4 Å². The smallest absolute Gasteiger partial charge is 0.239 e. The third kappa shape index (κ3) is 4.65. The number of H-pyrrole nitrogens is 1. The first-order chi connectivity index (χ1) is 11.0. The van der Waals surface area contributed by atoms with E-state index in [-0.39, 0.29) is 29.4 Å². The van der Waals surface area contributed by atoms with Crippen molar-refractivity contribution in [3.63, 3.8) is 0 Å². The molecule has 0 aliphatic rings. The Kier molecular flexibility index (Phi) is 5.91. The summed E-state index contributed by atoms with van der Waals surface area (Å²) < 4.78 is 38.8. The Balaban J connectivity index is 1.82. The maximum atomic E-state index is 13.4. The van der Waals surface area contributed by atoms with Gasteiger partial charge < -0.3 is 5.32 Å². The Bertz CT molecular complexity index is 700. The molecule has 1 atom stereocenters. The summed E-state index contributed by atoms with van der Waals surface area (Å²) in [6, 6.07) is 3.59. The number of nitrogens with one attached hydrogen (secondary N) is 2. The highest BCUT2D eigenvalue weighted by atomic mass is 32.2. The first-order valence-corrected chi connectivity index (χ1v) is 8.32. The molecule has 0 saturated heterocycles. The summed E-state index contributed by atoms with van der Waals surface area (Å²) in [4.78, 5) is 15.7. The van der Waals surface area contributed by atoms with E-state index in [1.54, 1.807) is 0 Å². The van der Waals surface area contributed by atoms with E-state index in [1.165, 1.54) is 6.07 Å². The lowest BCUT2D eigenvalue weighted by Crippen LogP contribution is -2.30. The number of hydrogen-bond donors (Lipinski definition) is 2.